The summed E-state index contributed by atoms with van der Waals surface area (Å²) in [7, 11) is 0. The van der Waals surface area contributed by atoms with Crippen molar-refractivity contribution in [3.8, 4) is 17.2 Å². The molecule has 2 atom stereocenters. The summed E-state index contributed by atoms with van der Waals surface area (Å²) in [6.45, 7) is 0.261. The van der Waals surface area contributed by atoms with Gasteiger partial charge >= 0.3 is 5.97 Å². The van der Waals surface area contributed by atoms with Gasteiger partial charge in [-0.1, -0.05) is 36.4 Å². The second kappa shape index (κ2) is 7.60. The van der Waals surface area contributed by atoms with E-state index in [4.69, 9.17) is 14.2 Å². The first kappa shape index (κ1) is 17.9. The molecule has 2 unspecified atom stereocenters. The number of ether oxygens (including phenoxy) is 3. The molecular weight excluding hydrogens is 363 g/mol. The quantitative estimate of drug-likeness (QED) is 0.712. The highest BCUT2D eigenvalue weighted by atomic mass is 19.1. The zero-order valence-corrected chi connectivity index (χ0v) is 14.7. The number of aliphatic carboxylic acids is 1. The molecule has 0 saturated carbocycles. The lowest BCUT2D eigenvalue weighted by Crippen LogP contribution is -2.39. The Morgan fingerprint density at radius 2 is 1.68 bits per heavy atom. The number of carbonyl (C=O) groups is 1. The van der Waals surface area contributed by atoms with E-state index in [2.05, 4.69) is 0 Å². The lowest BCUT2D eigenvalue weighted by Gasteiger charge is -2.32. The molecule has 28 heavy (non-hydrogen) atoms. The number of carboxylic acids is 1. The van der Waals surface area contributed by atoms with Crippen LogP contribution < -0.4 is 14.2 Å². The maximum atomic E-state index is 13.0. The first-order valence-electron chi connectivity index (χ1n) is 8.72. The standard InChI is InChI=1S/C22H17FO5/c23-16-10-8-14(9-11-16)13-26-17-5-3-4-15(12-17)20-21(22(24)25)28-19-7-2-1-6-18(19)27-20/h1-12,20-21H,13H2,(H,24,25). The van der Waals surface area contributed by atoms with Crippen molar-refractivity contribution in [2.24, 2.45) is 0 Å². The largest absolute Gasteiger partial charge is 0.489 e. The molecule has 1 aliphatic rings. The summed E-state index contributed by atoms with van der Waals surface area (Å²) in [5, 5.41) is 9.57. The summed E-state index contributed by atoms with van der Waals surface area (Å²) in [6.07, 6.45) is -2.00. The number of hydrogen-bond donors (Lipinski definition) is 1. The molecule has 1 N–H and O–H groups in total. The molecule has 0 amide bonds. The highest BCUT2D eigenvalue weighted by molar-refractivity contribution is 5.75. The van der Waals surface area contributed by atoms with E-state index in [1.807, 2.05) is 0 Å². The van der Waals surface area contributed by atoms with Gasteiger partial charge < -0.3 is 19.3 Å². The van der Waals surface area contributed by atoms with Crippen LogP contribution in [0.2, 0.25) is 0 Å². The van der Waals surface area contributed by atoms with Gasteiger partial charge in [0.2, 0.25) is 6.10 Å². The molecular formula is C22H17FO5. The zero-order valence-electron chi connectivity index (χ0n) is 14.7. The summed E-state index contributed by atoms with van der Waals surface area (Å²) in [5.74, 6) is 0.0169. The average Bonchev–Trinajstić information content (AvgIpc) is 2.72. The predicted octanol–water partition coefficient (Wildman–Crippen LogP) is 4.37. The molecule has 0 fully saturated rings. The van der Waals surface area contributed by atoms with Crippen LogP contribution in [-0.2, 0) is 11.4 Å². The fraction of sp³-hybridized carbons (Fsp3) is 0.136. The van der Waals surface area contributed by atoms with Crippen molar-refractivity contribution in [1.82, 2.24) is 0 Å². The molecule has 142 valence electrons. The second-order valence-electron chi connectivity index (χ2n) is 6.35. The topological polar surface area (TPSA) is 65.0 Å². The maximum Gasteiger partial charge on any atom is 0.349 e. The van der Waals surface area contributed by atoms with Crippen LogP contribution in [0.25, 0.3) is 0 Å². The van der Waals surface area contributed by atoms with Crippen molar-refractivity contribution in [3.63, 3.8) is 0 Å². The van der Waals surface area contributed by atoms with Crippen LogP contribution in [0.15, 0.2) is 72.8 Å². The van der Waals surface area contributed by atoms with Gasteiger partial charge in [0.25, 0.3) is 0 Å². The molecule has 0 aliphatic carbocycles. The van der Waals surface area contributed by atoms with Gasteiger partial charge in [-0.2, -0.15) is 0 Å². The van der Waals surface area contributed by atoms with Crippen molar-refractivity contribution >= 4 is 5.97 Å². The molecule has 5 nitrogen and oxygen atoms in total. The average molecular weight is 380 g/mol. The lowest BCUT2D eigenvalue weighted by atomic mass is 10.0. The Kier molecular flexibility index (Phi) is 4.85. The fourth-order valence-electron chi connectivity index (χ4n) is 2.99. The molecule has 3 aromatic rings. The van der Waals surface area contributed by atoms with Gasteiger partial charge in [0.1, 0.15) is 18.2 Å². The minimum absolute atomic E-state index is 0.261. The van der Waals surface area contributed by atoms with Crippen LogP contribution in [0.4, 0.5) is 4.39 Å². The lowest BCUT2D eigenvalue weighted by molar-refractivity contribution is -0.151. The molecule has 6 heteroatoms. The molecule has 3 aromatic carbocycles. The first-order chi connectivity index (χ1) is 13.6. The van der Waals surface area contributed by atoms with Crippen molar-refractivity contribution in [1.29, 1.82) is 0 Å². The van der Waals surface area contributed by atoms with Gasteiger partial charge in [-0.3, -0.25) is 0 Å². The van der Waals surface area contributed by atoms with Crippen LogP contribution >= 0.6 is 0 Å². The molecule has 0 aromatic heterocycles. The summed E-state index contributed by atoms with van der Waals surface area (Å²) in [5.41, 5.74) is 1.44. The number of hydrogen-bond acceptors (Lipinski definition) is 4. The molecule has 0 radical (unpaired) electrons. The third-order valence-corrected chi connectivity index (χ3v) is 4.38. The van der Waals surface area contributed by atoms with Crippen molar-refractivity contribution in [2.75, 3.05) is 0 Å². The highest BCUT2D eigenvalue weighted by Crippen LogP contribution is 2.39. The highest BCUT2D eigenvalue weighted by Gasteiger charge is 2.38. The normalized spacial score (nSPS) is 17.8. The Hall–Kier alpha value is -3.54. The van der Waals surface area contributed by atoms with E-state index in [0.717, 1.165) is 5.56 Å². The molecule has 0 saturated heterocycles. The fourth-order valence-corrected chi connectivity index (χ4v) is 2.99. The number of halogens is 1. The number of carboxylic acid groups (broad SMARTS) is 1. The van der Waals surface area contributed by atoms with E-state index in [1.54, 1.807) is 60.7 Å². The summed E-state index contributed by atoms with van der Waals surface area (Å²) in [6, 6.07) is 20.0. The first-order valence-corrected chi connectivity index (χ1v) is 8.72. The predicted molar refractivity (Wildman–Crippen MR) is 99.0 cm³/mol. The van der Waals surface area contributed by atoms with Crippen LogP contribution in [0.3, 0.4) is 0 Å². The van der Waals surface area contributed by atoms with Crippen molar-refractivity contribution in [2.45, 2.75) is 18.8 Å². The summed E-state index contributed by atoms with van der Waals surface area (Å²) < 4.78 is 30.3. The number of rotatable bonds is 5. The summed E-state index contributed by atoms with van der Waals surface area (Å²) in [4.78, 5) is 11.7. The smallest absolute Gasteiger partial charge is 0.349 e. The summed E-state index contributed by atoms with van der Waals surface area (Å²) >= 11 is 0. The molecule has 0 spiro atoms. The van der Waals surface area contributed by atoms with E-state index in [1.165, 1.54) is 12.1 Å². The number of para-hydroxylation sites is 2. The Balaban J connectivity index is 1.55. The van der Waals surface area contributed by atoms with Gasteiger partial charge in [-0.25, -0.2) is 9.18 Å². The third kappa shape index (κ3) is 3.76. The van der Waals surface area contributed by atoms with Gasteiger partial charge in [-0.05, 0) is 42.0 Å². The van der Waals surface area contributed by atoms with E-state index in [-0.39, 0.29) is 12.4 Å². The van der Waals surface area contributed by atoms with Crippen LogP contribution in [0.5, 0.6) is 17.2 Å². The maximum absolute atomic E-state index is 13.0. The van der Waals surface area contributed by atoms with E-state index in [0.29, 0.717) is 22.8 Å². The van der Waals surface area contributed by atoms with E-state index >= 15 is 0 Å². The molecule has 1 heterocycles. The Morgan fingerprint density at radius 1 is 0.964 bits per heavy atom. The van der Waals surface area contributed by atoms with Gasteiger partial charge in [-0.15, -0.1) is 0 Å². The SMILES string of the molecule is O=C(O)C1Oc2ccccc2OC1c1cccc(OCc2ccc(F)cc2)c1. The Morgan fingerprint density at radius 3 is 2.39 bits per heavy atom. The van der Waals surface area contributed by atoms with E-state index in [9.17, 15) is 14.3 Å². The van der Waals surface area contributed by atoms with Crippen LogP contribution in [0.1, 0.15) is 17.2 Å². The van der Waals surface area contributed by atoms with Gasteiger partial charge in [0, 0.05) is 5.56 Å². The van der Waals surface area contributed by atoms with Gasteiger partial charge in [0.15, 0.2) is 17.6 Å². The van der Waals surface area contributed by atoms with Gasteiger partial charge in [0.05, 0.1) is 0 Å². The Labute approximate surface area is 160 Å². The van der Waals surface area contributed by atoms with Crippen LogP contribution in [-0.4, -0.2) is 17.2 Å². The van der Waals surface area contributed by atoms with Crippen LogP contribution in [0, 0.1) is 5.82 Å². The number of benzene rings is 3. The third-order valence-electron chi connectivity index (χ3n) is 4.38. The molecule has 4 rings (SSSR count). The monoisotopic (exact) mass is 380 g/mol. The molecule has 1 aliphatic heterocycles. The number of fused-ring (bicyclic) bond motifs is 1. The van der Waals surface area contributed by atoms with Crippen molar-refractivity contribution in [3.05, 3.63) is 89.7 Å². The Bertz CT molecular complexity index is 986. The zero-order chi connectivity index (χ0) is 19.5. The van der Waals surface area contributed by atoms with Crippen molar-refractivity contribution < 1.29 is 28.5 Å². The minimum atomic E-state index is -1.18. The van der Waals surface area contributed by atoms with E-state index < -0.39 is 18.2 Å². The molecule has 0 bridgehead atoms. The second-order valence-corrected chi connectivity index (χ2v) is 6.35. The minimum Gasteiger partial charge on any atom is -0.489 e.